The first-order valence-electron chi connectivity index (χ1n) is 22.5. The molecule has 0 radical (unpaired) electrons. The molecule has 0 heterocycles. The van der Waals surface area contributed by atoms with Crippen molar-refractivity contribution in [2.75, 3.05) is 6.61 Å². The number of rotatable bonds is 36. The molecule has 0 aliphatic heterocycles. The van der Waals surface area contributed by atoms with E-state index >= 15 is 0 Å². The molecular weight excluding hydrogens is 765 g/mol. The third-order valence-corrected chi connectivity index (χ3v) is 11.7. The van der Waals surface area contributed by atoms with Crippen molar-refractivity contribution in [3.8, 4) is 0 Å². The summed E-state index contributed by atoms with van der Waals surface area (Å²) in [4.78, 5) is 23.3. The van der Waals surface area contributed by atoms with E-state index in [1.165, 1.54) is 89.5 Å². The highest BCUT2D eigenvalue weighted by molar-refractivity contribution is 7.47. The summed E-state index contributed by atoms with van der Waals surface area (Å²) in [7, 11) is -5.15. The first-order chi connectivity index (χ1) is 27.8. The molecule has 9 N–H and O–H groups in total. The molecule has 340 valence electrons. The van der Waals surface area contributed by atoms with Crippen molar-refractivity contribution in [1.82, 2.24) is 5.32 Å². The van der Waals surface area contributed by atoms with Crippen molar-refractivity contribution in [3.05, 3.63) is 36.5 Å². The number of phosphoric ester groups is 1. The van der Waals surface area contributed by atoms with E-state index in [2.05, 4.69) is 43.5 Å². The molecule has 0 aromatic carbocycles. The molecule has 8 unspecified atom stereocenters. The molecule has 1 fully saturated rings. The minimum absolute atomic E-state index is 0.269. The predicted molar refractivity (Wildman–Crippen MR) is 229 cm³/mol. The maximum Gasteiger partial charge on any atom is 0.472 e. The largest absolute Gasteiger partial charge is 0.472 e. The number of aliphatic hydroxyl groups is 7. The van der Waals surface area contributed by atoms with Gasteiger partial charge in [-0.3, -0.25) is 13.8 Å². The Bertz CT molecular complexity index is 1140. The van der Waals surface area contributed by atoms with Crippen LogP contribution >= 0.6 is 7.82 Å². The van der Waals surface area contributed by atoms with Crippen molar-refractivity contribution in [2.45, 2.75) is 229 Å². The fourth-order valence-electron chi connectivity index (χ4n) is 6.94. The molecule has 58 heavy (non-hydrogen) atoms. The van der Waals surface area contributed by atoms with Crippen molar-refractivity contribution in [1.29, 1.82) is 0 Å². The molecular formula is C44H82NO12P. The molecule has 0 saturated heterocycles. The number of carbonyl (C=O) groups excluding carboxylic acids is 1. The van der Waals surface area contributed by atoms with Crippen molar-refractivity contribution >= 4 is 13.7 Å². The lowest BCUT2D eigenvalue weighted by molar-refractivity contribution is -0.220. The van der Waals surface area contributed by atoms with Crippen LogP contribution < -0.4 is 5.32 Å². The number of unbranched alkanes of at least 4 members (excludes halogenated alkanes) is 19. The Morgan fingerprint density at radius 3 is 1.57 bits per heavy atom. The number of hydrogen-bond acceptors (Lipinski definition) is 11. The lowest BCUT2D eigenvalue weighted by Gasteiger charge is -2.41. The molecule has 14 heteroatoms. The van der Waals surface area contributed by atoms with Crippen LogP contribution in [0.5, 0.6) is 0 Å². The highest BCUT2D eigenvalue weighted by atomic mass is 31.2. The van der Waals surface area contributed by atoms with E-state index in [9.17, 15) is 50.0 Å². The zero-order valence-corrected chi connectivity index (χ0v) is 36.6. The van der Waals surface area contributed by atoms with E-state index in [1.807, 2.05) is 0 Å². The molecule has 13 nitrogen and oxygen atoms in total. The van der Waals surface area contributed by atoms with E-state index in [1.54, 1.807) is 6.08 Å². The first kappa shape index (κ1) is 54.5. The summed E-state index contributed by atoms with van der Waals surface area (Å²) in [6.07, 6.45) is 24.1. The zero-order chi connectivity index (χ0) is 43.0. The monoisotopic (exact) mass is 848 g/mol. The van der Waals surface area contributed by atoms with Gasteiger partial charge in [-0.2, -0.15) is 0 Å². The van der Waals surface area contributed by atoms with Crippen LogP contribution in [-0.2, 0) is 18.4 Å². The van der Waals surface area contributed by atoms with Crippen LogP contribution in [0.1, 0.15) is 174 Å². The smallest absolute Gasteiger partial charge is 0.393 e. The second kappa shape index (κ2) is 34.1. The van der Waals surface area contributed by atoms with Crippen molar-refractivity contribution < 1.29 is 59.0 Å². The SMILES string of the molecule is CCCC/C=C\CCCCC(O)CC(=O)NC(COP(=O)(O)OC1C(O)C(O)C(O)C(O)C1O)C(O)/C=C/CC/C=C/CCCCCCCCCCCCCCCC. The van der Waals surface area contributed by atoms with Gasteiger partial charge in [0.2, 0.25) is 5.91 Å². The Balaban J connectivity index is 2.56. The molecule has 1 aliphatic carbocycles. The Hall–Kier alpha value is -1.48. The topological polar surface area (TPSA) is 226 Å². The highest BCUT2D eigenvalue weighted by Crippen LogP contribution is 2.47. The van der Waals surface area contributed by atoms with Crippen LogP contribution in [-0.4, -0.2) is 108 Å². The minimum Gasteiger partial charge on any atom is -0.393 e. The Labute approximate surface area is 349 Å². The molecule has 0 aromatic rings. The van der Waals surface area contributed by atoms with Crippen LogP contribution in [0.2, 0.25) is 0 Å². The summed E-state index contributed by atoms with van der Waals surface area (Å²) < 4.78 is 22.8. The molecule has 8 atom stereocenters. The molecule has 1 aliphatic rings. The Kier molecular flexibility index (Phi) is 32.1. The lowest BCUT2D eigenvalue weighted by Crippen LogP contribution is -2.64. The van der Waals surface area contributed by atoms with E-state index in [0.29, 0.717) is 19.3 Å². The van der Waals surface area contributed by atoms with Gasteiger partial charge in [0.05, 0.1) is 31.3 Å². The van der Waals surface area contributed by atoms with Gasteiger partial charge in [0.15, 0.2) is 0 Å². The molecule has 0 bridgehead atoms. The highest BCUT2D eigenvalue weighted by Gasteiger charge is 2.51. The van der Waals surface area contributed by atoms with Gasteiger partial charge in [0.1, 0.15) is 36.6 Å². The predicted octanol–water partition coefficient (Wildman–Crippen LogP) is 6.97. The van der Waals surface area contributed by atoms with E-state index in [0.717, 1.165) is 51.4 Å². The van der Waals surface area contributed by atoms with Gasteiger partial charge in [-0.25, -0.2) is 4.57 Å². The third-order valence-electron chi connectivity index (χ3n) is 10.7. The van der Waals surface area contributed by atoms with Crippen LogP contribution in [0.25, 0.3) is 0 Å². The molecule has 0 spiro atoms. The standard InChI is InChI=1S/C44H82NO12P/c1-3-5-7-9-11-13-14-15-16-17-18-19-20-21-22-23-24-26-28-30-32-37(47)36(45-38(48)33-35(46)31-29-27-25-12-10-8-6-4-2)34-56-58(54,55)57-44-42(52)40(50)39(49)41(51)43(44)53/h10,12,23-24,30,32,35-37,39-44,46-47,49-53H,3-9,11,13-22,25-29,31,33-34H2,1-2H3,(H,45,48)(H,54,55)/b12-10-,24-23+,32-30+. The van der Waals surface area contributed by atoms with Gasteiger partial charge in [-0.15, -0.1) is 0 Å². The van der Waals surface area contributed by atoms with Gasteiger partial charge < -0.3 is 46.0 Å². The van der Waals surface area contributed by atoms with Gasteiger partial charge >= 0.3 is 7.82 Å². The third kappa shape index (κ3) is 26.0. The number of hydrogen-bond donors (Lipinski definition) is 9. The Morgan fingerprint density at radius 1 is 0.603 bits per heavy atom. The number of carbonyl (C=O) groups is 1. The summed E-state index contributed by atoms with van der Waals surface area (Å²) in [5.74, 6) is -0.619. The van der Waals surface area contributed by atoms with Gasteiger partial charge in [0.25, 0.3) is 0 Å². The fourth-order valence-corrected chi connectivity index (χ4v) is 7.91. The van der Waals surface area contributed by atoms with E-state index in [-0.39, 0.29) is 6.42 Å². The van der Waals surface area contributed by atoms with E-state index < -0.39 is 75.2 Å². The molecule has 1 saturated carbocycles. The van der Waals surface area contributed by atoms with Crippen LogP contribution in [0.4, 0.5) is 0 Å². The second-order valence-corrected chi connectivity index (χ2v) is 17.5. The minimum atomic E-state index is -5.15. The molecule has 1 rings (SSSR count). The summed E-state index contributed by atoms with van der Waals surface area (Å²) in [5, 5.41) is 74.1. The number of phosphoric acid groups is 1. The first-order valence-corrected chi connectivity index (χ1v) is 24.0. The van der Waals surface area contributed by atoms with Crippen molar-refractivity contribution in [3.63, 3.8) is 0 Å². The maximum atomic E-state index is 12.9. The lowest BCUT2D eigenvalue weighted by atomic mass is 9.85. The summed E-state index contributed by atoms with van der Waals surface area (Å²) in [5.41, 5.74) is 0. The second-order valence-electron chi connectivity index (χ2n) is 16.1. The molecule has 1 amide bonds. The average molecular weight is 848 g/mol. The van der Waals surface area contributed by atoms with Crippen LogP contribution in [0.15, 0.2) is 36.5 Å². The summed E-state index contributed by atoms with van der Waals surface area (Å²) >= 11 is 0. The van der Waals surface area contributed by atoms with Crippen LogP contribution in [0.3, 0.4) is 0 Å². The normalized spacial score (nSPS) is 24.1. The summed E-state index contributed by atoms with van der Waals surface area (Å²) in [6, 6.07) is -1.26. The number of allylic oxidation sites excluding steroid dienone is 5. The average Bonchev–Trinajstić information content (AvgIpc) is 3.19. The van der Waals surface area contributed by atoms with Crippen LogP contribution in [0, 0.1) is 0 Å². The summed E-state index contributed by atoms with van der Waals surface area (Å²) in [6.45, 7) is 3.64. The number of nitrogens with one attached hydrogen (secondary N) is 1. The maximum absolute atomic E-state index is 12.9. The molecule has 0 aromatic heterocycles. The van der Waals surface area contributed by atoms with Crippen molar-refractivity contribution in [2.24, 2.45) is 0 Å². The number of aliphatic hydroxyl groups excluding tert-OH is 7. The van der Waals surface area contributed by atoms with E-state index in [4.69, 9.17) is 9.05 Å². The van der Waals surface area contributed by atoms with Gasteiger partial charge in [-0.1, -0.05) is 153 Å². The quantitative estimate of drug-likeness (QED) is 0.0177. The van der Waals surface area contributed by atoms with Gasteiger partial charge in [0, 0.05) is 0 Å². The fraction of sp³-hybridized carbons (Fsp3) is 0.841. The van der Waals surface area contributed by atoms with Gasteiger partial charge in [-0.05, 0) is 51.4 Å². The Morgan fingerprint density at radius 2 is 1.03 bits per heavy atom. The number of amides is 1. The zero-order valence-electron chi connectivity index (χ0n) is 35.7.